The largest absolute Gasteiger partial charge is 0.383 e. The van der Waals surface area contributed by atoms with Gasteiger partial charge in [0.05, 0.1) is 13.2 Å². The maximum Gasteiger partial charge on any atom is 0.239 e. The van der Waals surface area contributed by atoms with Crippen molar-refractivity contribution in [1.82, 2.24) is 10.6 Å². The predicted molar refractivity (Wildman–Crippen MR) is 69.9 cm³/mol. The fourth-order valence-electron chi connectivity index (χ4n) is 1.11. The number of carbonyl (C=O) groups is 2. The van der Waals surface area contributed by atoms with Crippen molar-refractivity contribution < 1.29 is 14.3 Å². The molecule has 0 saturated heterocycles. The van der Waals surface area contributed by atoms with Gasteiger partial charge in [-0.2, -0.15) is 0 Å². The van der Waals surface area contributed by atoms with Crippen molar-refractivity contribution in [3.63, 3.8) is 0 Å². The molecule has 0 fully saturated rings. The molecule has 0 saturated carbocycles. The van der Waals surface area contributed by atoms with E-state index in [1.807, 2.05) is 20.8 Å². The zero-order valence-corrected chi connectivity index (χ0v) is 11.7. The number of methoxy groups -OCH3 is 1. The van der Waals surface area contributed by atoms with Gasteiger partial charge in [0.15, 0.2) is 0 Å². The number of amides is 2. The van der Waals surface area contributed by atoms with Gasteiger partial charge >= 0.3 is 0 Å². The third-order valence-corrected chi connectivity index (χ3v) is 2.59. The van der Waals surface area contributed by atoms with Crippen molar-refractivity contribution in [2.75, 3.05) is 26.8 Å². The highest BCUT2D eigenvalue weighted by molar-refractivity contribution is 5.84. The maximum absolute atomic E-state index is 11.5. The summed E-state index contributed by atoms with van der Waals surface area (Å²) < 4.78 is 4.79. The van der Waals surface area contributed by atoms with Gasteiger partial charge in [0.1, 0.15) is 0 Å². The lowest BCUT2D eigenvalue weighted by Crippen LogP contribution is -2.43. The minimum Gasteiger partial charge on any atom is -0.383 e. The molecule has 0 spiro atoms. The molecule has 0 radical (unpaired) electrons. The molecule has 6 nitrogen and oxygen atoms in total. The number of rotatable bonds is 7. The van der Waals surface area contributed by atoms with E-state index in [2.05, 4.69) is 10.6 Å². The Balaban J connectivity index is 3.80. The van der Waals surface area contributed by atoms with Crippen LogP contribution < -0.4 is 16.4 Å². The van der Waals surface area contributed by atoms with Gasteiger partial charge < -0.3 is 21.1 Å². The van der Waals surface area contributed by atoms with Crippen LogP contribution in [0, 0.1) is 5.41 Å². The SMILES string of the molecule is COCCNC(=O)CNC(=O)CC(N)C(C)(C)C. The van der Waals surface area contributed by atoms with Gasteiger partial charge in [-0.3, -0.25) is 9.59 Å². The number of hydrogen-bond donors (Lipinski definition) is 3. The molecule has 0 bridgehead atoms. The number of ether oxygens (including phenoxy) is 1. The summed E-state index contributed by atoms with van der Waals surface area (Å²) in [7, 11) is 1.56. The van der Waals surface area contributed by atoms with E-state index in [0.717, 1.165) is 0 Å². The zero-order valence-electron chi connectivity index (χ0n) is 11.7. The van der Waals surface area contributed by atoms with Crippen molar-refractivity contribution in [3.05, 3.63) is 0 Å². The van der Waals surface area contributed by atoms with E-state index < -0.39 is 0 Å². The Labute approximate surface area is 109 Å². The molecule has 18 heavy (non-hydrogen) atoms. The van der Waals surface area contributed by atoms with E-state index in [1.54, 1.807) is 7.11 Å². The second-order valence-corrected chi connectivity index (χ2v) is 5.30. The number of nitrogens with two attached hydrogens (primary N) is 1. The van der Waals surface area contributed by atoms with Crippen LogP contribution in [0.4, 0.5) is 0 Å². The summed E-state index contributed by atoms with van der Waals surface area (Å²) in [6, 6.07) is -0.228. The third-order valence-electron chi connectivity index (χ3n) is 2.59. The van der Waals surface area contributed by atoms with Crippen LogP contribution in [0.3, 0.4) is 0 Å². The molecular formula is C12H25N3O3. The first kappa shape index (κ1) is 16.9. The average molecular weight is 259 g/mol. The Hall–Kier alpha value is -1.14. The number of carbonyl (C=O) groups excluding carboxylic acids is 2. The minimum atomic E-state index is -0.232. The fraction of sp³-hybridized carbons (Fsp3) is 0.833. The summed E-state index contributed by atoms with van der Waals surface area (Å²) in [4.78, 5) is 22.8. The summed E-state index contributed by atoms with van der Waals surface area (Å²) in [6.07, 6.45) is 0.217. The van der Waals surface area contributed by atoms with Gasteiger partial charge in [0, 0.05) is 26.1 Å². The molecule has 0 aliphatic carbocycles. The molecular weight excluding hydrogens is 234 g/mol. The monoisotopic (exact) mass is 259 g/mol. The summed E-state index contributed by atoms with van der Waals surface area (Å²) in [5, 5.41) is 5.15. The van der Waals surface area contributed by atoms with E-state index in [9.17, 15) is 9.59 Å². The quantitative estimate of drug-likeness (QED) is 0.544. The molecule has 2 amide bonds. The maximum atomic E-state index is 11.5. The van der Waals surface area contributed by atoms with Crippen molar-refractivity contribution in [2.45, 2.75) is 33.2 Å². The standard InChI is InChI=1S/C12H25N3O3/c1-12(2,3)9(13)7-10(16)15-8-11(17)14-5-6-18-4/h9H,5-8,13H2,1-4H3,(H,14,17)(H,15,16). The van der Waals surface area contributed by atoms with Gasteiger partial charge in [-0.25, -0.2) is 0 Å². The summed E-state index contributed by atoms with van der Waals surface area (Å²) >= 11 is 0. The van der Waals surface area contributed by atoms with Crippen molar-refractivity contribution in [3.8, 4) is 0 Å². The summed E-state index contributed by atoms with van der Waals surface area (Å²) in [6.45, 7) is 6.79. The topological polar surface area (TPSA) is 93.5 Å². The smallest absolute Gasteiger partial charge is 0.239 e. The summed E-state index contributed by atoms with van der Waals surface area (Å²) in [5.41, 5.74) is 5.75. The van der Waals surface area contributed by atoms with Crippen LogP contribution in [0.2, 0.25) is 0 Å². The molecule has 1 atom stereocenters. The molecule has 0 rings (SSSR count). The lowest BCUT2D eigenvalue weighted by molar-refractivity contribution is -0.126. The average Bonchev–Trinajstić information content (AvgIpc) is 2.25. The zero-order chi connectivity index (χ0) is 14.2. The Bertz CT molecular complexity index is 274. The van der Waals surface area contributed by atoms with Crippen LogP contribution >= 0.6 is 0 Å². The molecule has 0 aromatic carbocycles. The van der Waals surface area contributed by atoms with E-state index >= 15 is 0 Å². The summed E-state index contributed by atoms with van der Waals surface area (Å²) in [5.74, 6) is -0.441. The van der Waals surface area contributed by atoms with Crippen molar-refractivity contribution in [1.29, 1.82) is 0 Å². The molecule has 0 aromatic heterocycles. The Morgan fingerprint density at radius 1 is 1.22 bits per heavy atom. The van der Waals surface area contributed by atoms with Crippen LogP contribution in [0.25, 0.3) is 0 Å². The van der Waals surface area contributed by atoms with Crippen molar-refractivity contribution in [2.24, 2.45) is 11.1 Å². The van der Waals surface area contributed by atoms with E-state index in [4.69, 9.17) is 10.5 Å². The lowest BCUT2D eigenvalue weighted by atomic mass is 9.85. The molecule has 0 heterocycles. The van der Waals surface area contributed by atoms with E-state index in [-0.39, 0.29) is 36.2 Å². The highest BCUT2D eigenvalue weighted by Gasteiger charge is 2.23. The minimum absolute atomic E-state index is 0.0284. The predicted octanol–water partition coefficient (Wildman–Crippen LogP) is -0.371. The Morgan fingerprint density at radius 3 is 2.33 bits per heavy atom. The van der Waals surface area contributed by atoms with Gasteiger partial charge in [-0.1, -0.05) is 20.8 Å². The number of hydrogen-bond acceptors (Lipinski definition) is 4. The third kappa shape index (κ3) is 8.03. The molecule has 106 valence electrons. The first-order valence-electron chi connectivity index (χ1n) is 6.05. The first-order valence-corrected chi connectivity index (χ1v) is 6.05. The van der Waals surface area contributed by atoms with E-state index in [0.29, 0.717) is 13.2 Å². The molecule has 0 aliphatic rings. The Morgan fingerprint density at radius 2 is 1.83 bits per heavy atom. The second kappa shape index (κ2) is 8.05. The molecule has 1 unspecified atom stereocenters. The highest BCUT2D eigenvalue weighted by Crippen LogP contribution is 2.19. The number of nitrogens with one attached hydrogen (secondary N) is 2. The Kier molecular flexibility index (Phi) is 7.54. The van der Waals surface area contributed by atoms with Gasteiger partial charge in [0.2, 0.25) is 11.8 Å². The first-order chi connectivity index (χ1) is 8.27. The molecule has 0 aliphatic heterocycles. The van der Waals surface area contributed by atoms with Crippen LogP contribution in [-0.4, -0.2) is 44.7 Å². The lowest BCUT2D eigenvalue weighted by Gasteiger charge is -2.26. The van der Waals surface area contributed by atoms with Crippen molar-refractivity contribution >= 4 is 11.8 Å². The van der Waals surface area contributed by atoms with Crippen LogP contribution in [0.15, 0.2) is 0 Å². The molecule has 6 heteroatoms. The fourth-order valence-corrected chi connectivity index (χ4v) is 1.11. The normalized spacial score (nSPS) is 12.9. The van der Waals surface area contributed by atoms with E-state index in [1.165, 1.54) is 0 Å². The molecule has 4 N–H and O–H groups in total. The van der Waals surface area contributed by atoms with Crippen LogP contribution in [-0.2, 0) is 14.3 Å². The second-order valence-electron chi connectivity index (χ2n) is 5.30. The molecule has 0 aromatic rings. The van der Waals surface area contributed by atoms with Crippen LogP contribution in [0.1, 0.15) is 27.2 Å². The highest BCUT2D eigenvalue weighted by atomic mass is 16.5. The van der Waals surface area contributed by atoms with Gasteiger partial charge in [-0.15, -0.1) is 0 Å². The van der Waals surface area contributed by atoms with Gasteiger partial charge in [0.25, 0.3) is 0 Å². The van der Waals surface area contributed by atoms with Gasteiger partial charge in [-0.05, 0) is 5.41 Å². The van der Waals surface area contributed by atoms with Crippen LogP contribution in [0.5, 0.6) is 0 Å².